The van der Waals surface area contributed by atoms with E-state index in [2.05, 4.69) is 4.72 Å². The van der Waals surface area contributed by atoms with Gasteiger partial charge in [0.05, 0.1) is 17.0 Å². The molecule has 0 aliphatic heterocycles. The maximum Gasteiger partial charge on any atom is 0.241 e. The Hall–Kier alpha value is -1.05. The van der Waals surface area contributed by atoms with Gasteiger partial charge in [0, 0.05) is 0 Å². The summed E-state index contributed by atoms with van der Waals surface area (Å²) in [6.45, 7) is 3.09. The molecule has 0 saturated carbocycles. The van der Waals surface area contributed by atoms with Gasteiger partial charge in [-0.3, -0.25) is 0 Å². The summed E-state index contributed by atoms with van der Waals surface area (Å²) in [6.07, 6.45) is 0.756. The van der Waals surface area contributed by atoms with Crippen molar-refractivity contribution in [2.24, 2.45) is 0 Å². The van der Waals surface area contributed by atoms with E-state index in [4.69, 9.17) is 0 Å². The number of hydrogen-bond acceptors (Lipinski definition) is 3. The molecule has 0 bridgehead atoms. The molecule has 0 unspecified atom stereocenters. The van der Waals surface area contributed by atoms with Crippen LogP contribution in [0.1, 0.15) is 26.7 Å². The molecule has 0 aromatic heterocycles. The highest BCUT2D eigenvalue weighted by Gasteiger charge is 2.31. The summed E-state index contributed by atoms with van der Waals surface area (Å²) in [6, 6.07) is 2.35. The van der Waals surface area contributed by atoms with Crippen LogP contribution in [0.2, 0.25) is 0 Å². The molecule has 1 rings (SSSR count). The van der Waals surface area contributed by atoms with Crippen LogP contribution < -0.4 is 4.72 Å². The summed E-state index contributed by atoms with van der Waals surface area (Å²) in [4.78, 5) is -0.369. The zero-order chi connectivity index (χ0) is 14.7. The van der Waals surface area contributed by atoms with Gasteiger partial charge in [0.15, 0.2) is 11.6 Å². The van der Waals surface area contributed by atoms with Crippen molar-refractivity contribution in [2.45, 2.75) is 37.1 Å². The first-order valence-electron chi connectivity index (χ1n) is 5.90. The third-order valence-electron chi connectivity index (χ3n) is 3.21. The van der Waals surface area contributed by atoms with Crippen molar-refractivity contribution < 1.29 is 22.3 Å². The standard InChI is InChI=1S/C12H17F2NO3S/c1-3-12(4-2,8-16)15-19(17,18)9-5-6-10(13)11(14)7-9/h5-7,15-16H,3-4,8H2,1-2H3. The monoisotopic (exact) mass is 293 g/mol. The summed E-state index contributed by atoms with van der Waals surface area (Å²) in [5, 5.41) is 9.32. The Morgan fingerprint density at radius 2 is 1.79 bits per heavy atom. The second-order valence-corrected chi connectivity index (χ2v) is 6.01. The first-order valence-corrected chi connectivity index (χ1v) is 7.38. The Balaban J connectivity index is 3.14. The molecule has 2 N–H and O–H groups in total. The second kappa shape index (κ2) is 5.94. The highest BCUT2D eigenvalue weighted by Crippen LogP contribution is 2.20. The molecule has 7 heteroatoms. The molecule has 1 aromatic carbocycles. The van der Waals surface area contributed by atoms with Crippen LogP contribution in [0.5, 0.6) is 0 Å². The van der Waals surface area contributed by atoms with Crippen LogP contribution in [0, 0.1) is 11.6 Å². The van der Waals surface area contributed by atoms with Gasteiger partial charge >= 0.3 is 0 Å². The smallest absolute Gasteiger partial charge is 0.241 e. The van der Waals surface area contributed by atoms with Gasteiger partial charge in [0.2, 0.25) is 10.0 Å². The molecule has 0 saturated heterocycles. The van der Waals surface area contributed by atoms with Crippen LogP contribution in [-0.2, 0) is 10.0 Å². The van der Waals surface area contributed by atoms with Gasteiger partial charge in [-0.1, -0.05) is 13.8 Å². The highest BCUT2D eigenvalue weighted by atomic mass is 32.2. The molecule has 0 amide bonds. The maximum absolute atomic E-state index is 13.1. The largest absolute Gasteiger partial charge is 0.394 e. The summed E-state index contributed by atoms with van der Waals surface area (Å²) < 4.78 is 52.4. The minimum atomic E-state index is -4.01. The third-order valence-corrected chi connectivity index (χ3v) is 4.78. The zero-order valence-corrected chi connectivity index (χ0v) is 11.6. The third kappa shape index (κ3) is 3.49. The number of nitrogens with one attached hydrogen (secondary N) is 1. The summed E-state index contributed by atoms with van der Waals surface area (Å²) in [5.74, 6) is -2.34. The lowest BCUT2D eigenvalue weighted by molar-refractivity contribution is 0.172. The minimum absolute atomic E-state index is 0.369. The Morgan fingerprint density at radius 1 is 1.21 bits per heavy atom. The van der Waals surface area contributed by atoms with Crippen molar-refractivity contribution >= 4 is 10.0 Å². The van der Waals surface area contributed by atoms with Gasteiger partial charge in [-0.05, 0) is 31.0 Å². The van der Waals surface area contributed by atoms with E-state index in [1.165, 1.54) is 0 Å². The molecule has 0 atom stereocenters. The quantitative estimate of drug-likeness (QED) is 0.840. The lowest BCUT2D eigenvalue weighted by Crippen LogP contribution is -2.50. The average Bonchev–Trinajstić information content (AvgIpc) is 2.39. The molecule has 4 nitrogen and oxygen atoms in total. The molecule has 0 aliphatic rings. The van der Waals surface area contributed by atoms with Crippen molar-refractivity contribution in [1.29, 1.82) is 0 Å². The van der Waals surface area contributed by atoms with Gasteiger partial charge in [-0.2, -0.15) is 0 Å². The van der Waals surface area contributed by atoms with Gasteiger partial charge in [0.25, 0.3) is 0 Å². The summed E-state index contributed by atoms with van der Waals surface area (Å²) in [7, 11) is -4.01. The predicted molar refractivity (Wildman–Crippen MR) is 67.1 cm³/mol. The minimum Gasteiger partial charge on any atom is -0.394 e. The Bertz CT molecular complexity index is 534. The van der Waals surface area contributed by atoms with E-state index >= 15 is 0 Å². The van der Waals surface area contributed by atoms with Gasteiger partial charge in [0.1, 0.15) is 0 Å². The van der Waals surface area contributed by atoms with Gasteiger partial charge < -0.3 is 5.11 Å². The van der Waals surface area contributed by atoms with E-state index in [9.17, 15) is 22.3 Å². The highest BCUT2D eigenvalue weighted by molar-refractivity contribution is 7.89. The molecule has 0 heterocycles. The van der Waals surface area contributed by atoms with Crippen LogP contribution in [0.25, 0.3) is 0 Å². The van der Waals surface area contributed by atoms with Gasteiger partial charge in [-0.25, -0.2) is 21.9 Å². The average molecular weight is 293 g/mol. The fraction of sp³-hybridized carbons (Fsp3) is 0.500. The molecule has 19 heavy (non-hydrogen) atoms. The van der Waals surface area contributed by atoms with E-state index < -0.39 is 27.2 Å². The molecule has 0 fully saturated rings. The van der Waals surface area contributed by atoms with Crippen molar-refractivity contribution in [3.63, 3.8) is 0 Å². The fourth-order valence-electron chi connectivity index (χ4n) is 1.64. The SMILES string of the molecule is CCC(CC)(CO)NS(=O)(=O)c1ccc(F)c(F)c1. The second-order valence-electron chi connectivity index (χ2n) is 4.33. The van der Waals surface area contributed by atoms with Crippen LogP contribution in [0.3, 0.4) is 0 Å². The lowest BCUT2D eigenvalue weighted by Gasteiger charge is -2.30. The van der Waals surface area contributed by atoms with E-state index in [0.29, 0.717) is 18.9 Å². The van der Waals surface area contributed by atoms with E-state index in [1.54, 1.807) is 13.8 Å². The Kier molecular flexibility index (Phi) is 5.00. The van der Waals surface area contributed by atoms with Crippen LogP contribution in [0.4, 0.5) is 8.78 Å². The summed E-state index contributed by atoms with van der Waals surface area (Å²) >= 11 is 0. The van der Waals surface area contributed by atoms with Crippen molar-refractivity contribution in [2.75, 3.05) is 6.61 Å². The molecular formula is C12H17F2NO3S. The van der Waals surface area contributed by atoms with Crippen LogP contribution in [-0.4, -0.2) is 25.7 Å². The number of aliphatic hydroxyl groups is 1. The van der Waals surface area contributed by atoms with Crippen molar-refractivity contribution in [1.82, 2.24) is 4.72 Å². The number of sulfonamides is 1. The van der Waals surface area contributed by atoms with Crippen molar-refractivity contribution in [3.8, 4) is 0 Å². The molecule has 0 spiro atoms. The molecule has 0 aliphatic carbocycles. The fourth-order valence-corrected chi connectivity index (χ4v) is 3.19. The lowest BCUT2D eigenvalue weighted by atomic mass is 9.96. The van der Waals surface area contributed by atoms with Gasteiger partial charge in [-0.15, -0.1) is 0 Å². The number of hydrogen-bond donors (Lipinski definition) is 2. The number of rotatable bonds is 6. The summed E-state index contributed by atoms with van der Waals surface area (Å²) in [5.41, 5.74) is -0.996. The van der Waals surface area contributed by atoms with E-state index in [0.717, 1.165) is 12.1 Å². The first kappa shape index (κ1) is 16.0. The molecule has 1 aromatic rings. The topological polar surface area (TPSA) is 66.4 Å². The van der Waals surface area contributed by atoms with Crippen LogP contribution >= 0.6 is 0 Å². The number of benzene rings is 1. The molecular weight excluding hydrogens is 276 g/mol. The van der Waals surface area contributed by atoms with E-state index in [-0.39, 0.29) is 11.5 Å². The maximum atomic E-state index is 13.1. The number of halogens is 2. The molecule has 0 radical (unpaired) electrons. The Labute approximate surface area is 111 Å². The van der Waals surface area contributed by atoms with E-state index in [1.807, 2.05) is 0 Å². The first-order chi connectivity index (χ1) is 8.80. The predicted octanol–water partition coefficient (Wildman–Crippen LogP) is 1.79. The van der Waals surface area contributed by atoms with Crippen molar-refractivity contribution in [3.05, 3.63) is 29.8 Å². The van der Waals surface area contributed by atoms with Crippen LogP contribution in [0.15, 0.2) is 23.1 Å². The Morgan fingerprint density at radius 3 is 2.21 bits per heavy atom. The zero-order valence-electron chi connectivity index (χ0n) is 10.8. The number of aliphatic hydroxyl groups excluding tert-OH is 1. The molecule has 108 valence electrons. The normalized spacial score (nSPS) is 12.7.